The van der Waals surface area contributed by atoms with Crippen LogP contribution in [0, 0.1) is 5.82 Å². The van der Waals surface area contributed by atoms with E-state index >= 15 is 0 Å². The summed E-state index contributed by atoms with van der Waals surface area (Å²) >= 11 is 7.55. The molecule has 0 heterocycles. The smallest absolute Gasteiger partial charge is 0.272 e. The Morgan fingerprint density at radius 3 is 1.89 bits per heavy atom. The number of rotatable bonds is 10. The van der Waals surface area contributed by atoms with E-state index in [1.807, 2.05) is 60.7 Å². The van der Waals surface area contributed by atoms with Crippen LogP contribution in [0.2, 0.25) is 5.02 Å². The normalized spacial score (nSPS) is 11.0. The van der Waals surface area contributed by atoms with Crippen molar-refractivity contribution in [1.29, 1.82) is 0 Å². The van der Waals surface area contributed by atoms with Crippen molar-refractivity contribution >= 4 is 64.2 Å². The molecule has 2 N–H and O–H groups in total. The highest BCUT2D eigenvalue weighted by atomic mass is 35.5. The molecule has 0 bridgehead atoms. The molecule has 9 heteroatoms. The lowest BCUT2D eigenvalue weighted by Gasteiger charge is -2.23. The van der Waals surface area contributed by atoms with Crippen molar-refractivity contribution in [3.8, 4) is 0 Å². The summed E-state index contributed by atoms with van der Waals surface area (Å²) < 4.78 is 14.6. The number of thioether (sulfide) groups is 1. The average Bonchev–Trinajstić information content (AvgIpc) is 3.07. The Morgan fingerprint density at radius 2 is 1.31 bits per heavy atom. The molecule has 0 spiro atoms. The molecule has 224 valence electrons. The van der Waals surface area contributed by atoms with Gasteiger partial charge in [-0.25, -0.2) is 4.39 Å². The number of hydrogen-bond acceptors (Lipinski definition) is 4. The van der Waals surface area contributed by atoms with E-state index < -0.39 is 17.6 Å². The SMILES string of the molecule is O=C(Nc1ccc(SCC(=O)N(c2ccccc2)c2ccccc2)cc1)/C(=C/c1c(F)cccc1Cl)NC(=O)c1ccccc1. The average molecular weight is 636 g/mol. The number of nitrogens with one attached hydrogen (secondary N) is 2. The van der Waals surface area contributed by atoms with Gasteiger partial charge in [-0.3, -0.25) is 19.3 Å². The number of amides is 3. The maximum absolute atomic E-state index is 14.6. The second kappa shape index (κ2) is 15.0. The number of benzene rings is 5. The third-order valence-electron chi connectivity index (χ3n) is 6.57. The number of halogens is 2. The van der Waals surface area contributed by atoms with Gasteiger partial charge in [-0.15, -0.1) is 11.8 Å². The first-order valence-corrected chi connectivity index (χ1v) is 15.2. The van der Waals surface area contributed by atoms with Gasteiger partial charge >= 0.3 is 0 Å². The van der Waals surface area contributed by atoms with Gasteiger partial charge < -0.3 is 10.6 Å². The van der Waals surface area contributed by atoms with Crippen molar-refractivity contribution in [1.82, 2.24) is 5.32 Å². The molecule has 0 aromatic heterocycles. The van der Waals surface area contributed by atoms with Gasteiger partial charge in [-0.2, -0.15) is 0 Å². The summed E-state index contributed by atoms with van der Waals surface area (Å²) in [7, 11) is 0. The Morgan fingerprint density at radius 1 is 0.733 bits per heavy atom. The number of anilines is 3. The quantitative estimate of drug-likeness (QED) is 0.119. The van der Waals surface area contributed by atoms with Gasteiger partial charge in [0.1, 0.15) is 11.5 Å². The zero-order chi connectivity index (χ0) is 31.6. The van der Waals surface area contributed by atoms with E-state index in [1.54, 1.807) is 59.5 Å². The van der Waals surface area contributed by atoms with Crippen molar-refractivity contribution < 1.29 is 18.8 Å². The Balaban J connectivity index is 1.29. The van der Waals surface area contributed by atoms with Gasteiger partial charge in [0.05, 0.1) is 10.8 Å². The minimum absolute atomic E-state index is 0.0332. The fraction of sp³-hybridized carbons (Fsp3) is 0.0278. The molecule has 0 unspecified atom stereocenters. The zero-order valence-electron chi connectivity index (χ0n) is 23.8. The molecule has 5 aromatic rings. The van der Waals surface area contributed by atoms with Crippen LogP contribution in [0.4, 0.5) is 21.5 Å². The Labute approximate surface area is 269 Å². The van der Waals surface area contributed by atoms with E-state index in [9.17, 15) is 18.8 Å². The summed E-state index contributed by atoms with van der Waals surface area (Å²) in [6.07, 6.45) is 1.20. The predicted molar refractivity (Wildman–Crippen MR) is 179 cm³/mol. The van der Waals surface area contributed by atoms with Crippen molar-refractivity contribution in [2.45, 2.75) is 4.90 Å². The van der Waals surface area contributed by atoms with Crippen LogP contribution in [0.25, 0.3) is 6.08 Å². The number of carbonyl (C=O) groups excluding carboxylic acids is 3. The van der Waals surface area contributed by atoms with Crippen LogP contribution in [0.3, 0.4) is 0 Å². The largest absolute Gasteiger partial charge is 0.321 e. The highest BCUT2D eigenvalue weighted by Gasteiger charge is 2.19. The van der Waals surface area contributed by atoms with Crippen LogP contribution in [-0.2, 0) is 9.59 Å². The summed E-state index contributed by atoms with van der Waals surface area (Å²) in [4.78, 5) is 42.1. The maximum atomic E-state index is 14.6. The van der Waals surface area contributed by atoms with Crippen LogP contribution in [0.5, 0.6) is 0 Å². The van der Waals surface area contributed by atoms with Crippen molar-refractivity contribution in [2.75, 3.05) is 16.0 Å². The zero-order valence-corrected chi connectivity index (χ0v) is 25.4. The fourth-order valence-corrected chi connectivity index (χ4v) is 5.33. The van der Waals surface area contributed by atoms with Gasteiger partial charge in [-0.1, -0.05) is 72.3 Å². The highest BCUT2D eigenvalue weighted by molar-refractivity contribution is 8.00. The van der Waals surface area contributed by atoms with Gasteiger partial charge in [0.2, 0.25) is 5.91 Å². The predicted octanol–water partition coefficient (Wildman–Crippen LogP) is 8.35. The Kier molecular flexibility index (Phi) is 10.4. The van der Waals surface area contributed by atoms with E-state index in [4.69, 9.17) is 11.6 Å². The molecule has 0 saturated heterocycles. The van der Waals surface area contributed by atoms with Crippen LogP contribution < -0.4 is 15.5 Å². The lowest BCUT2D eigenvalue weighted by Crippen LogP contribution is -2.30. The lowest BCUT2D eigenvalue weighted by atomic mass is 10.1. The Hall–Kier alpha value is -5.18. The van der Waals surface area contributed by atoms with Gasteiger partial charge in [-0.05, 0) is 78.9 Å². The molecule has 5 aromatic carbocycles. The van der Waals surface area contributed by atoms with E-state index in [0.29, 0.717) is 11.3 Å². The van der Waals surface area contributed by atoms with E-state index in [1.165, 1.54) is 36.0 Å². The molecule has 0 fully saturated rings. The molecule has 3 amide bonds. The van der Waals surface area contributed by atoms with Crippen molar-refractivity contribution in [3.63, 3.8) is 0 Å². The summed E-state index contributed by atoms with van der Waals surface area (Å²) in [6, 6.07) is 38.3. The number of carbonyl (C=O) groups is 3. The first kappa shape index (κ1) is 31.3. The third kappa shape index (κ3) is 8.26. The number of hydrogen-bond donors (Lipinski definition) is 2. The van der Waals surface area contributed by atoms with Crippen molar-refractivity contribution in [2.24, 2.45) is 0 Å². The van der Waals surface area contributed by atoms with Gasteiger partial charge in [0, 0.05) is 33.1 Å². The monoisotopic (exact) mass is 635 g/mol. The summed E-state index contributed by atoms with van der Waals surface area (Å²) in [5.74, 6) is -1.77. The molecule has 0 atom stereocenters. The molecule has 5 rings (SSSR count). The second-order valence-corrected chi connectivity index (χ2v) is 11.1. The van der Waals surface area contributed by atoms with Crippen LogP contribution in [0.1, 0.15) is 15.9 Å². The lowest BCUT2D eigenvalue weighted by molar-refractivity contribution is -0.115. The topological polar surface area (TPSA) is 78.5 Å². The van der Waals surface area contributed by atoms with Crippen LogP contribution in [0.15, 0.2) is 144 Å². The molecular formula is C36H27ClFN3O3S. The number of para-hydroxylation sites is 2. The molecule has 0 radical (unpaired) electrons. The molecule has 0 saturated carbocycles. The summed E-state index contributed by atoms with van der Waals surface area (Å²) in [6.45, 7) is 0. The van der Waals surface area contributed by atoms with Crippen LogP contribution in [-0.4, -0.2) is 23.5 Å². The molecule has 0 aliphatic carbocycles. The first-order valence-electron chi connectivity index (χ1n) is 13.9. The van der Waals surface area contributed by atoms with E-state index in [2.05, 4.69) is 10.6 Å². The van der Waals surface area contributed by atoms with Crippen LogP contribution >= 0.6 is 23.4 Å². The maximum Gasteiger partial charge on any atom is 0.272 e. The minimum atomic E-state index is -0.671. The molecule has 6 nitrogen and oxygen atoms in total. The van der Waals surface area contributed by atoms with Gasteiger partial charge in [0.15, 0.2) is 0 Å². The standard InChI is InChI=1S/C36H27ClFN3O3S/c37-31-17-10-18-32(38)30(31)23-33(40-35(43)25-11-4-1-5-12-25)36(44)39-26-19-21-29(22-20-26)45-24-34(42)41(27-13-6-2-7-14-27)28-15-8-3-9-16-28/h1-23H,24H2,(H,39,44)(H,40,43)/b33-23-. The summed E-state index contributed by atoms with van der Waals surface area (Å²) in [5, 5.41) is 5.40. The van der Waals surface area contributed by atoms with Gasteiger partial charge in [0.25, 0.3) is 11.8 Å². The molecule has 0 aliphatic heterocycles. The van der Waals surface area contributed by atoms with Crippen molar-refractivity contribution in [3.05, 3.63) is 161 Å². The molecule has 0 aliphatic rings. The molecular weight excluding hydrogens is 609 g/mol. The minimum Gasteiger partial charge on any atom is -0.321 e. The summed E-state index contributed by atoms with van der Waals surface area (Å²) in [5.41, 5.74) is 2.07. The number of nitrogens with zero attached hydrogens (tertiary/aromatic N) is 1. The molecule has 45 heavy (non-hydrogen) atoms. The highest BCUT2D eigenvalue weighted by Crippen LogP contribution is 2.28. The van der Waals surface area contributed by atoms with E-state index in [0.717, 1.165) is 16.3 Å². The first-order chi connectivity index (χ1) is 21.9. The fourth-order valence-electron chi connectivity index (χ4n) is 4.37. The third-order valence-corrected chi connectivity index (χ3v) is 7.90. The second-order valence-electron chi connectivity index (χ2n) is 9.68. The Bertz CT molecular complexity index is 1760. The van der Waals surface area contributed by atoms with E-state index in [-0.39, 0.29) is 27.9 Å².